The van der Waals surface area contributed by atoms with E-state index in [1.165, 1.54) is 5.56 Å². The van der Waals surface area contributed by atoms with E-state index in [0.29, 0.717) is 6.61 Å². The zero-order valence-corrected chi connectivity index (χ0v) is 17.9. The van der Waals surface area contributed by atoms with Crippen molar-refractivity contribution in [1.29, 1.82) is 0 Å². The number of hydrogen-bond donors (Lipinski definition) is 0. The van der Waals surface area contributed by atoms with Gasteiger partial charge in [0.1, 0.15) is 5.41 Å². The van der Waals surface area contributed by atoms with Crippen molar-refractivity contribution < 1.29 is 9.53 Å². The number of ether oxygens (including phenoxy) is 1. The van der Waals surface area contributed by atoms with Crippen molar-refractivity contribution in [2.24, 2.45) is 0 Å². The van der Waals surface area contributed by atoms with Gasteiger partial charge in [-0.25, -0.2) is 0 Å². The molecule has 0 radical (unpaired) electrons. The molecule has 1 aliphatic carbocycles. The molecule has 2 aromatic carbocycles. The molecule has 0 N–H and O–H groups in total. The molecule has 1 fully saturated rings. The Balaban J connectivity index is 2.23. The normalized spacial score (nSPS) is 25.5. The molecule has 0 heterocycles. The molecule has 2 atom stereocenters. The highest BCUT2D eigenvalue weighted by Gasteiger charge is 2.78. The summed E-state index contributed by atoms with van der Waals surface area (Å²) >= 11 is 3.51. The highest BCUT2D eigenvalue weighted by Crippen LogP contribution is 2.70. The zero-order chi connectivity index (χ0) is 18.3. The topological polar surface area (TPSA) is 26.3 Å². The predicted octanol–water partition coefficient (Wildman–Crippen LogP) is 5.47. The fraction of sp³-hybridized carbons (Fsp3) is 0.381. The number of carbonyl (C=O) groups excluding carboxylic acids is 1. The summed E-state index contributed by atoms with van der Waals surface area (Å²) < 4.78 is 6.62. The summed E-state index contributed by atoms with van der Waals surface area (Å²) in [7, 11) is -1.75. The standard InChI is InChI=1S/C21H25BrO2Si/c1-5-24-19(23)20(16-11-13-18(22)14-12-16)15-21(20,25(2,3)4)17-9-7-6-8-10-17/h6-14H,5,15H2,1-4H3/t20-,21-/m0/s1. The Morgan fingerprint density at radius 1 is 1.04 bits per heavy atom. The third-order valence-electron chi connectivity index (χ3n) is 5.64. The van der Waals surface area contributed by atoms with Crippen LogP contribution >= 0.6 is 15.9 Å². The van der Waals surface area contributed by atoms with Gasteiger partial charge in [0.25, 0.3) is 0 Å². The lowest BCUT2D eigenvalue weighted by Crippen LogP contribution is -2.47. The Morgan fingerprint density at radius 3 is 2.16 bits per heavy atom. The van der Waals surface area contributed by atoms with Crippen LogP contribution in [0.2, 0.25) is 19.6 Å². The van der Waals surface area contributed by atoms with E-state index in [1.54, 1.807) is 0 Å². The van der Waals surface area contributed by atoms with Crippen LogP contribution in [0.15, 0.2) is 59.1 Å². The summed E-state index contributed by atoms with van der Waals surface area (Å²) in [5, 5.41) is -0.138. The molecule has 0 aliphatic heterocycles. The second kappa shape index (κ2) is 6.40. The first-order valence-corrected chi connectivity index (χ1v) is 13.1. The van der Waals surface area contributed by atoms with E-state index in [4.69, 9.17) is 4.74 Å². The van der Waals surface area contributed by atoms with Gasteiger partial charge in [-0.15, -0.1) is 0 Å². The molecule has 0 unspecified atom stereocenters. The lowest BCUT2D eigenvalue weighted by Gasteiger charge is -2.35. The van der Waals surface area contributed by atoms with Crippen LogP contribution in [0, 0.1) is 0 Å². The van der Waals surface area contributed by atoms with Gasteiger partial charge < -0.3 is 4.74 Å². The maximum absolute atomic E-state index is 13.2. The number of rotatable bonds is 5. The molecule has 1 aliphatic rings. The smallest absolute Gasteiger partial charge is 0.317 e. The second-order valence-electron chi connectivity index (χ2n) is 7.83. The van der Waals surface area contributed by atoms with Crippen molar-refractivity contribution in [2.45, 2.75) is 43.4 Å². The van der Waals surface area contributed by atoms with Gasteiger partial charge in [0, 0.05) is 9.51 Å². The van der Waals surface area contributed by atoms with Gasteiger partial charge in [0.05, 0.1) is 14.7 Å². The summed E-state index contributed by atoms with van der Waals surface area (Å²) in [6.45, 7) is 9.38. The molecular weight excluding hydrogens is 392 g/mol. The quantitative estimate of drug-likeness (QED) is 0.476. The van der Waals surface area contributed by atoms with Crippen molar-refractivity contribution in [3.05, 3.63) is 70.2 Å². The van der Waals surface area contributed by atoms with Crippen LogP contribution in [0.5, 0.6) is 0 Å². The SMILES string of the molecule is CCOC(=O)[C@@]1(c2ccc(Br)cc2)C[C@@]1(c1ccccc1)[Si](C)(C)C. The lowest BCUT2D eigenvalue weighted by atomic mass is 9.90. The molecule has 3 rings (SSSR count). The first kappa shape index (κ1) is 18.4. The van der Waals surface area contributed by atoms with Crippen LogP contribution in [0.4, 0.5) is 0 Å². The molecule has 0 aromatic heterocycles. The van der Waals surface area contributed by atoms with Gasteiger partial charge >= 0.3 is 5.97 Å². The third-order valence-corrected chi connectivity index (χ3v) is 9.62. The van der Waals surface area contributed by atoms with Crippen LogP contribution in [0.1, 0.15) is 24.5 Å². The van der Waals surface area contributed by atoms with Crippen molar-refractivity contribution in [1.82, 2.24) is 0 Å². The maximum Gasteiger partial charge on any atom is 0.317 e. The van der Waals surface area contributed by atoms with E-state index < -0.39 is 13.5 Å². The number of esters is 1. The number of hydrogen-bond acceptors (Lipinski definition) is 2. The first-order chi connectivity index (χ1) is 11.8. The van der Waals surface area contributed by atoms with Crippen LogP contribution in [0.3, 0.4) is 0 Å². The molecule has 0 spiro atoms. The van der Waals surface area contributed by atoms with E-state index in [-0.39, 0.29) is 11.0 Å². The van der Waals surface area contributed by atoms with Gasteiger partial charge in [-0.2, -0.15) is 0 Å². The largest absolute Gasteiger partial charge is 0.465 e. The average Bonchev–Trinajstić information content (AvgIpc) is 3.29. The van der Waals surface area contributed by atoms with E-state index >= 15 is 0 Å². The summed E-state index contributed by atoms with van der Waals surface area (Å²) in [5.41, 5.74) is 1.76. The zero-order valence-electron chi connectivity index (χ0n) is 15.3. The van der Waals surface area contributed by atoms with Gasteiger partial charge in [0.2, 0.25) is 0 Å². The Morgan fingerprint density at radius 2 is 1.64 bits per heavy atom. The minimum Gasteiger partial charge on any atom is -0.465 e. The van der Waals surface area contributed by atoms with Crippen molar-refractivity contribution >= 4 is 30.0 Å². The minimum absolute atomic E-state index is 0.0800. The Bertz CT molecular complexity index is 767. The van der Waals surface area contributed by atoms with Crippen LogP contribution < -0.4 is 0 Å². The molecule has 0 bridgehead atoms. The van der Waals surface area contributed by atoms with E-state index in [9.17, 15) is 4.79 Å². The molecule has 2 aromatic rings. The van der Waals surface area contributed by atoms with Gasteiger partial charge in [-0.05, 0) is 36.6 Å². The van der Waals surface area contributed by atoms with Crippen LogP contribution in [-0.2, 0) is 20.0 Å². The summed E-state index contributed by atoms with van der Waals surface area (Å²) in [5.74, 6) is -0.0800. The predicted molar refractivity (Wildman–Crippen MR) is 109 cm³/mol. The minimum atomic E-state index is -1.75. The maximum atomic E-state index is 13.2. The molecule has 2 nitrogen and oxygen atoms in total. The van der Waals surface area contributed by atoms with Gasteiger partial charge in [0.15, 0.2) is 0 Å². The van der Waals surface area contributed by atoms with Crippen LogP contribution in [-0.4, -0.2) is 20.7 Å². The third kappa shape index (κ3) is 2.70. The number of benzene rings is 2. The fourth-order valence-electron chi connectivity index (χ4n) is 4.46. The molecule has 4 heteroatoms. The Kier molecular flexibility index (Phi) is 4.71. The number of halogens is 1. The molecule has 1 saturated carbocycles. The highest BCUT2D eigenvalue weighted by molar-refractivity contribution is 9.10. The molecule has 0 saturated heterocycles. The lowest BCUT2D eigenvalue weighted by molar-refractivity contribution is -0.146. The summed E-state index contributed by atoms with van der Waals surface area (Å²) in [4.78, 5) is 13.2. The fourth-order valence-corrected chi connectivity index (χ4v) is 8.08. The summed E-state index contributed by atoms with van der Waals surface area (Å²) in [6.07, 6.45) is 0.834. The first-order valence-electron chi connectivity index (χ1n) is 8.78. The van der Waals surface area contributed by atoms with Crippen molar-refractivity contribution in [3.8, 4) is 0 Å². The van der Waals surface area contributed by atoms with Crippen molar-refractivity contribution in [2.75, 3.05) is 6.61 Å². The van der Waals surface area contributed by atoms with Crippen LogP contribution in [0.25, 0.3) is 0 Å². The van der Waals surface area contributed by atoms with Crippen molar-refractivity contribution in [3.63, 3.8) is 0 Å². The molecule has 25 heavy (non-hydrogen) atoms. The molecule has 132 valence electrons. The Hall–Kier alpha value is -1.39. The molecular formula is C21H25BrO2Si. The van der Waals surface area contributed by atoms with E-state index in [1.807, 2.05) is 25.1 Å². The van der Waals surface area contributed by atoms with E-state index in [2.05, 4.69) is 72.0 Å². The second-order valence-corrected chi connectivity index (χ2v) is 14.1. The average molecular weight is 417 g/mol. The number of carbonyl (C=O) groups is 1. The van der Waals surface area contributed by atoms with E-state index in [0.717, 1.165) is 16.5 Å². The monoisotopic (exact) mass is 416 g/mol. The van der Waals surface area contributed by atoms with Gasteiger partial charge in [-0.1, -0.05) is 78.0 Å². The van der Waals surface area contributed by atoms with Gasteiger partial charge in [-0.3, -0.25) is 4.79 Å². The summed E-state index contributed by atoms with van der Waals surface area (Å²) in [6, 6.07) is 18.7. The Labute approximate surface area is 159 Å². The highest BCUT2D eigenvalue weighted by atomic mass is 79.9. The molecule has 0 amide bonds.